The van der Waals surface area contributed by atoms with Crippen molar-refractivity contribution >= 4 is 35.2 Å². The second-order valence-corrected chi connectivity index (χ2v) is 7.19. The zero-order valence-electron chi connectivity index (χ0n) is 17.3. The third kappa shape index (κ3) is 5.11. The number of anilines is 1. The lowest BCUT2D eigenvalue weighted by atomic mass is 9.99. The predicted octanol–water partition coefficient (Wildman–Crippen LogP) is 5.28. The number of ether oxygens (including phenoxy) is 2. The van der Waals surface area contributed by atoms with E-state index in [0.717, 1.165) is 6.21 Å². The van der Waals surface area contributed by atoms with E-state index < -0.39 is 11.8 Å². The van der Waals surface area contributed by atoms with Crippen molar-refractivity contribution in [2.75, 3.05) is 25.1 Å². The van der Waals surface area contributed by atoms with Gasteiger partial charge in [0.05, 0.1) is 24.4 Å². The number of hydrogen-bond acceptors (Lipinski definition) is 6. The summed E-state index contributed by atoms with van der Waals surface area (Å²) in [5.74, 6) is -0.0800. The standard InChI is InChI=1S/C23H23ClFN3O3/c1-3-8-31-23(29)15(13-26)10-14(4-2)17-12-20(18-11-16(24)5-6-19(18)25)28-22-21(17)30-9-7-27-22/h4-6,10-13,26H,3,7-9H2,1-2H3,(H,27,28)/b14-4+,15-10+,26-13?. The highest BCUT2D eigenvalue weighted by atomic mass is 35.5. The smallest absolute Gasteiger partial charge is 0.339 e. The van der Waals surface area contributed by atoms with Crippen LogP contribution in [0.15, 0.2) is 42.0 Å². The number of benzene rings is 1. The normalized spacial score (nSPS) is 13.7. The predicted molar refractivity (Wildman–Crippen MR) is 120 cm³/mol. The Kier molecular flexibility index (Phi) is 7.41. The van der Waals surface area contributed by atoms with E-state index in [1.165, 1.54) is 18.2 Å². The van der Waals surface area contributed by atoms with Crippen LogP contribution in [0.4, 0.5) is 10.2 Å². The third-order valence-corrected chi connectivity index (χ3v) is 4.81. The largest absolute Gasteiger partial charge is 0.487 e. The molecule has 0 unspecified atom stereocenters. The Morgan fingerprint density at radius 3 is 2.94 bits per heavy atom. The first-order valence-corrected chi connectivity index (χ1v) is 10.3. The fourth-order valence-electron chi connectivity index (χ4n) is 3.09. The molecule has 0 bridgehead atoms. The van der Waals surface area contributed by atoms with Crippen molar-refractivity contribution in [1.29, 1.82) is 5.41 Å². The van der Waals surface area contributed by atoms with Crippen LogP contribution in [-0.2, 0) is 9.53 Å². The van der Waals surface area contributed by atoms with Gasteiger partial charge in [-0.3, -0.25) is 0 Å². The summed E-state index contributed by atoms with van der Waals surface area (Å²) in [4.78, 5) is 16.8. The summed E-state index contributed by atoms with van der Waals surface area (Å²) < 4.78 is 25.5. The van der Waals surface area contributed by atoms with E-state index in [-0.39, 0.29) is 17.7 Å². The van der Waals surface area contributed by atoms with Crippen LogP contribution in [-0.4, -0.2) is 36.9 Å². The minimum atomic E-state index is -0.584. The van der Waals surface area contributed by atoms with Crippen LogP contribution in [0.1, 0.15) is 25.8 Å². The van der Waals surface area contributed by atoms with E-state index >= 15 is 0 Å². The summed E-state index contributed by atoms with van der Waals surface area (Å²) >= 11 is 6.07. The molecule has 0 saturated carbocycles. The average Bonchev–Trinajstić information content (AvgIpc) is 2.79. The van der Waals surface area contributed by atoms with Crippen molar-refractivity contribution in [2.45, 2.75) is 20.3 Å². The molecular formula is C23H23ClFN3O3. The van der Waals surface area contributed by atoms with Crippen LogP contribution in [0.2, 0.25) is 5.02 Å². The lowest BCUT2D eigenvalue weighted by molar-refractivity contribution is -0.138. The molecule has 0 spiro atoms. The van der Waals surface area contributed by atoms with Gasteiger partial charge in [0.15, 0.2) is 11.6 Å². The lowest BCUT2D eigenvalue weighted by Gasteiger charge is -2.23. The SMILES string of the molecule is C/C=C(\C=C(/C=N)C(=O)OCCC)c1cc(-c2cc(Cl)ccc2F)nc2c1OCCN2. The van der Waals surface area contributed by atoms with Gasteiger partial charge in [-0.1, -0.05) is 24.6 Å². The van der Waals surface area contributed by atoms with Gasteiger partial charge in [0.25, 0.3) is 0 Å². The van der Waals surface area contributed by atoms with E-state index in [1.807, 2.05) is 6.92 Å². The molecule has 0 aliphatic carbocycles. The quantitative estimate of drug-likeness (QED) is 0.263. The molecule has 1 aromatic heterocycles. The number of pyridine rings is 1. The topological polar surface area (TPSA) is 84.3 Å². The van der Waals surface area contributed by atoms with Crippen molar-refractivity contribution < 1.29 is 18.7 Å². The van der Waals surface area contributed by atoms with Gasteiger partial charge in [-0.2, -0.15) is 0 Å². The number of fused-ring (bicyclic) bond motifs is 1. The zero-order valence-corrected chi connectivity index (χ0v) is 18.1. The molecule has 1 aromatic carbocycles. The van der Waals surface area contributed by atoms with E-state index in [1.54, 1.807) is 25.1 Å². The summed E-state index contributed by atoms with van der Waals surface area (Å²) in [6, 6.07) is 5.95. The van der Waals surface area contributed by atoms with Gasteiger partial charge >= 0.3 is 5.97 Å². The maximum atomic E-state index is 14.5. The Labute approximate surface area is 185 Å². The molecule has 6 nitrogen and oxygen atoms in total. The fourth-order valence-corrected chi connectivity index (χ4v) is 3.26. The number of nitrogens with zero attached hydrogens (tertiary/aromatic N) is 1. The summed E-state index contributed by atoms with van der Waals surface area (Å²) in [5, 5.41) is 11.2. The summed E-state index contributed by atoms with van der Waals surface area (Å²) in [6.07, 6.45) is 4.96. The minimum absolute atomic E-state index is 0.0892. The third-order valence-electron chi connectivity index (χ3n) is 4.58. The van der Waals surface area contributed by atoms with Crippen LogP contribution in [0.25, 0.3) is 16.8 Å². The second-order valence-electron chi connectivity index (χ2n) is 6.76. The molecule has 8 heteroatoms. The number of hydrogen-bond donors (Lipinski definition) is 2. The van der Waals surface area contributed by atoms with Crippen LogP contribution >= 0.6 is 11.6 Å². The van der Waals surface area contributed by atoms with E-state index in [2.05, 4.69) is 10.3 Å². The van der Waals surface area contributed by atoms with Crippen molar-refractivity contribution in [3.63, 3.8) is 0 Å². The monoisotopic (exact) mass is 443 g/mol. The number of allylic oxidation sites excluding steroid dienone is 3. The van der Waals surface area contributed by atoms with Crippen LogP contribution in [0, 0.1) is 11.2 Å². The average molecular weight is 444 g/mol. The second kappa shape index (κ2) is 10.2. The maximum Gasteiger partial charge on any atom is 0.339 e. The molecular weight excluding hydrogens is 421 g/mol. The summed E-state index contributed by atoms with van der Waals surface area (Å²) in [5.41, 5.74) is 1.92. The van der Waals surface area contributed by atoms with Gasteiger partial charge in [-0.25, -0.2) is 14.2 Å². The molecule has 0 atom stereocenters. The fraction of sp³-hybridized carbons (Fsp3) is 0.261. The van der Waals surface area contributed by atoms with Crippen LogP contribution in [0.5, 0.6) is 5.75 Å². The number of carbonyl (C=O) groups is 1. The molecule has 0 saturated heterocycles. The molecule has 2 aromatic rings. The molecule has 0 amide bonds. The first-order chi connectivity index (χ1) is 15.0. The van der Waals surface area contributed by atoms with Crippen molar-refractivity contribution in [3.8, 4) is 17.0 Å². The highest BCUT2D eigenvalue weighted by Crippen LogP contribution is 2.39. The Hall–Kier alpha value is -3.19. The van der Waals surface area contributed by atoms with Gasteiger partial charge in [-0.15, -0.1) is 0 Å². The van der Waals surface area contributed by atoms with Gasteiger partial charge in [0.2, 0.25) is 0 Å². The highest BCUT2D eigenvalue weighted by molar-refractivity contribution is 6.30. The summed E-state index contributed by atoms with van der Waals surface area (Å²) in [7, 11) is 0. The number of aromatic nitrogens is 1. The molecule has 1 aliphatic rings. The molecule has 31 heavy (non-hydrogen) atoms. The van der Waals surface area contributed by atoms with Crippen molar-refractivity contribution in [3.05, 3.63) is 58.4 Å². The van der Waals surface area contributed by atoms with Gasteiger partial charge in [0.1, 0.15) is 12.4 Å². The number of nitrogens with one attached hydrogen (secondary N) is 2. The number of esters is 1. The van der Waals surface area contributed by atoms with E-state index in [9.17, 15) is 9.18 Å². The van der Waals surface area contributed by atoms with Gasteiger partial charge in [-0.05, 0) is 49.3 Å². The molecule has 2 N–H and O–H groups in total. The minimum Gasteiger partial charge on any atom is -0.487 e. The molecule has 0 fully saturated rings. The van der Waals surface area contributed by atoms with Crippen molar-refractivity contribution in [2.24, 2.45) is 0 Å². The van der Waals surface area contributed by atoms with E-state index in [0.29, 0.717) is 53.0 Å². The lowest BCUT2D eigenvalue weighted by Crippen LogP contribution is -2.20. The summed E-state index contributed by atoms with van der Waals surface area (Å²) in [6.45, 7) is 4.95. The van der Waals surface area contributed by atoms with Crippen LogP contribution in [0.3, 0.4) is 0 Å². The molecule has 0 radical (unpaired) electrons. The Bertz CT molecular complexity index is 1070. The maximum absolute atomic E-state index is 14.5. The molecule has 162 valence electrons. The van der Waals surface area contributed by atoms with Crippen LogP contribution < -0.4 is 10.1 Å². The Morgan fingerprint density at radius 2 is 2.23 bits per heavy atom. The number of rotatable bonds is 7. The number of halogens is 2. The number of carbonyl (C=O) groups excluding carboxylic acids is 1. The Morgan fingerprint density at radius 1 is 1.42 bits per heavy atom. The first kappa shape index (κ1) is 22.5. The van der Waals surface area contributed by atoms with E-state index in [4.69, 9.17) is 26.5 Å². The molecule has 1 aliphatic heterocycles. The Balaban J connectivity index is 2.14. The van der Waals surface area contributed by atoms with Crippen molar-refractivity contribution in [1.82, 2.24) is 4.98 Å². The zero-order chi connectivity index (χ0) is 22.4. The first-order valence-electron chi connectivity index (χ1n) is 9.91. The van der Waals surface area contributed by atoms with Gasteiger partial charge in [0, 0.05) is 22.4 Å². The highest BCUT2D eigenvalue weighted by Gasteiger charge is 2.22. The van der Waals surface area contributed by atoms with Gasteiger partial charge < -0.3 is 20.2 Å². The molecule has 2 heterocycles. The molecule has 3 rings (SSSR count).